The van der Waals surface area contributed by atoms with Crippen LogP contribution in [0.15, 0.2) is 72.8 Å². The first-order chi connectivity index (χ1) is 18.6. The number of carbonyl (C=O) groups excluding carboxylic acids is 2. The number of methoxy groups -OCH3 is 1. The van der Waals surface area contributed by atoms with Crippen LogP contribution in [0.2, 0.25) is 0 Å². The van der Waals surface area contributed by atoms with E-state index in [4.69, 9.17) is 4.74 Å². The zero-order valence-corrected chi connectivity index (χ0v) is 23.1. The van der Waals surface area contributed by atoms with Gasteiger partial charge in [-0.05, 0) is 53.6 Å². The summed E-state index contributed by atoms with van der Waals surface area (Å²) in [6, 6.07) is 25.1. The molecule has 0 aliphatic carbocycles. The largest absolute Gasteiger partial charge is 0.383 e. The van der Waals surface area contributed by atoms with E-state index < -0.39 is 5.54 Å². The Morgan fingerprint density at radius 2 is 1.50 bits per heavy atom. The molecule has 38 heavy (non-hydrogen) atoms. The molecule has 202 valence electrons. The van der Waals surface area contributed by atoms with Crippen LogP contribution in [0.3, 0.4) is 0 Å². The molecule has 1 spiro atoms. The Bertz CT molecular complexity index is 1200. The molecule has 0 bridgehead atoms. The van der Waals surface area contributed by atoms with Crippen LogP contribution in [0.1, 0.15) is 44.2 Å². The van der Waals surface area contributed by atoms with E-state index in [0.29, 0.717) is 32.5 Å². The van der Waals surface area contributed by atoms with Crippen molar-refractivity contribution < 1.29 is 14.3 Å². The number of nitrogens with zero attached hydrogens (tertiary/aromatic N) is 3. The molecule has 5 rings (SSSR count). The van der Waals surface area contributed by atoms with E-state index in [-0.39, 0.29) is 11.9 Å². The van der Waals surface area contributed by atoms with Crippen molar-refractivity contribution in [3.8, 4) is 0 Å². The van der Waals surface area contributed by atoms with Gasteiger partial charge in [0.25, 0.3) is 5.91 Å². The van der Waals surface area contributed by atoms with Gasteiger partial charge in [-0.1, -0.05) is 80.6 Å². The number of ether oxygens (including phenoxy) is 1. The lowest BCUT2D eigenvalue weighted by Gasteiger charge is -2.42. The fraction of sp³-hybridized carbons (Fsp3) is 0.438. The molecule has 0 unspecified atom stereocenters. The van der Waals surface area contributed by atoms with Crippen molar-refractivity contribution in [1.29, 1.82) is 0 Å². The van der Waals surface area contributed by atoms with Crippen LogP contribution in [0.5, 0.6) is 0 Å². The first kappa shape index (κ1) is 27.8. The standard InChI is InChI=1S/C30H35N3O3.C2H6/c1-36-21-20-33-29(35)32(17-7-10-24-8-3-2-4-9-24)28(34)30(33)15-18-31(19-16-30)23-25-13-14-26-11-5-6-12-27(26)22-25;1-2/h2-6,8-9,11-14,22H,7,10,15-21,23H2,1H3;1-2H3. The van der Waals surface area contributed by atoms with Crippen LogP contribution < -0.4 is 0 Å². The molecular weight excluding hydrogens is 474 g/mol. The van der Waals surface area contributed by atoms with Gasteiger partial charge in [0, 0.05) is 39.8 Å². The van der Waals surface area contributed by atoms with Crippen molar-refractivity contribution >= 4 is 22.7 Å². The van der Waals surface area contributed by atoms with Gasteiger partial charge in [0.1, 0.15) is 5.54 Å². The number of carbonyl (C=O) groups is 2. The lowest BCUT2D eigenvalue weighted by Crippen LogP contribution is -2.57. The monoisotopic (exact) mass is 515 g/mol. The number of rotatable bonds is 9. The van der Waals surface area contributed by atoms with E-state index in [9.17, 15) is 9.59 Å². The highest BCUT2D eigenvalue weighted by molar-refractivity contribution is 6.07. The Morgan fingerprint density at radius 3 is 2.21 bits per heavy atom. The molecule has 0 radical (unpaired) electrons. The first-order valence-corrected chi connectivity index (χ1v) is 14.0. The predicted molar refractivity (Wildman–Crippen MR) is 153 cm³/mol. The number of hydrogen-bond donors (Lipinski definition) is 0. The van der Waals surface area contributed by atoms with Crippen molar-refractivity contribution in [2.75, 3.05) is 39.9 Å². The highest BCUT2D eigenvalue weighted by Gasteiger charge is 2.57. The Morgan fingerprint density at radius 1 is 0.816 bits per heavy atom. The smallest absolute Gasteiger partial charge is 0.327 e. The molecule has 2 heterocycles. The van der Waals surface area contributed by atoms with E-state index in [1.165, 1.54) is 26.8 Å². The molecule has 6 nitrogen and oxygen atoms in total. The molecule has 2 fully saturated rings. The van der Waals surface area contributed by atoms with Gasteiger partial charge >= 0.3 is 6.03 Å². The third kappa shape index (κ3) is 5.92. The molecule has 0 atom stereocenters. The Balaban J connectivity index is 0.00000164. The summed E-state index contributed by atoms with van der Waals surface area (Å²) in [5.41, 5.74) is 1.75. The molecule has 2 saturated heterocycles. The molecule has 3 aromatic carbocycles. The van der Waals surface area contributed by atoms with Crippen LogP contribution in [-0.2, 0) is 22.5 Å². The number of likely N-dealkylation sites (tertiary alicyclic amines) is 1. The van der Waals surface area contributed by atoms with Crippen LogP contribution >= 0.6 is 0 Å². The average molecular weight is 516 g/mol. The maximum atomic E-state index is 13.7. The van der Waals surface area contributed by atoms with Gasteiger partial charge < -0.3 is 9.64 Å². The second-order valence-electron chi connectivity index (χ2n) is 9.96. The summed E-state index contributed by atoms with van der Waals surface area (Å²) < 4.78 is 5.30. The minimum atomic E-state index is -0.748. The van der Waals surface area contributed by atoms with Crippen molar-refractivity contribution in [1.82, 2.24) is 14.7 Å². The molecule has 2 aliphatic rings. The summed E-state index contributed by atoms with van der Waals surface area (Å²) in [7, 11) is 1.64. The summed E-state index contributed by atoms with van der Waals surface area (Å²) in [5.74, 6) is -0.0259. The Kier molecular flexibility index (Phi) is 9.53. The Hall–Kier alpha value is -3.22. The second-order valence-corrected chi connectivity index (χ2v) is 9.96. The minimum absolute atomic E-state index is 0.0259. The topological polar surface area (TPSA) is 53.1 Å². The number of amides is 3. The van der Waals surface area contributed by atoms with Crippen molar-refractivity contribution in [2.45, 2.75) is 51.6 Å². The highest BCUT2D eigenvalue weighted by atomic mass is 16.5. The first-order valence-electron chi connectivity index (χ1n) is 14.0. The summed E-state index contributed by atoms with van der Waals surface area (Å²) in [6.45, 7) is 7.75. The summed E-state index contributed by atoms with van der Waals surface area (Å²) in [4.78, 5) is 32.8. The van der Waals surface area contributed by atoms with E-state index in [1.807, 2.05) is 32.0 Å². The van der Waals surface area contributed by atoms with Crippen LogP contribution in [0, 0.1) is 0 Å². The molecule has 0 saturated carbocycles. The number of hydrogen-bond acceptors (Lipinski definition) is 4. The van der Waals surface area contributed by atoms with E-state index in [0.717, 1.165) is 32.5 Å². The summed E-state index contributed by atoms with van der Waals surface area (Å²) >= 11 is 0. The van der Waals surface area contributed by atoms with Gasteiger partial charge in [-0.2, -0.15) is 0 Å². The van der Waals surface area contributed by atoms with Gasteiger partial charge in [-0.15, -0.1) is 0 Å². The molecule has 3 amide bonds. The van der Waals surface area contributed by atoms with Gasteiger partial charge in [-0.3, -0.25) is 14.6 Å². The number of piperidine rings is 1. The second kappa shape index (κ2) is 13.0. The minimum Gasteiger partial charge on any atom is -0.383 e. The lowest BCUT2D eigenvalue weighted by molar-refractivity contribution is -0.136. The fourth-order valence-electron chi connectivity index (χ4n) is 5.72. The molecular formula is C32H41N3O3. The molecule has 2 aliphatic heterocycles. The average Bonchev–Trinajstić information content (AvgIpc) is 3.15. The summed E-state index contributed by atoms with van der Waals surface area (Å²) in [6.07, 6.45) is 2.93. The predicted octanol–water partition coefficient (Wildman–Crippen LogP) is 5.74. The third-order valence-electron chi connectivity index (χ3n) is 7.73. The van der Waals surface area contributed by atoms with Crippen molar-refractivity contribution in [3.63, 3.8) is 0 Å². The van der Waals surface area contributed by atoms with Crippen molar-refractivity contribution in [2.24, 2.45) is 0 Å². The molecule has 0 aromatic heterocycles. The molecule has 6 heteroatoms. The van der Waals surface area contributed by atoms with E-state index in [2.05, 4.69) is 59.5 Å². The van der Waals surface area contributed by atoms with Gasteiger partial charge in [-0.25, -0.2) is 4.79 Å². The number of urea groups is 1. The SMILES string of the molecule is CC.COCCN1C(=O)N(CCCc2ccccc2)C(=O)C12CCN(Cc1ccc3ccccc3c1)CC2. The lowest BCUT2D eigenvalue weighted by atomic mass is 9.85. The third-order valence-corrected chi connectivity index (χ3v) is 7.73. The van der Waals surface area contributed by atoms with Crippen molar-refractivity contribution in [3.05, 3.63) is 83.9 Å². The quantitative estimate of drug-likeness (QED) is 0.341. The van der Waals surface area contributed by atoms with Gasteiger partial charge in [0.05, 0.1) is 6.61 Å². The van der Waals surface area contributed by atoms with Gasteiger partial charge in [0.15, 0.2) is 0 Å². The van der Waals surface area contributed by atoms with Gasteiger partial charge in [0.2, 0.25) is 0 Å². The van der Waals surface area contributed by atoms with Crippen LogP contribution in [0.25, 0.3) is 10.8 Å². The summed E-state index contributed by atoms with van der Waals surface area (Å²) in [5, 5.41) is 2.49. The zero-order chi connectivity index (χ0) is 27.0. The normalized spacial score (nSPS) is 17.2. The fourth-order valence-corrected chi connectivity index (χ4v) is 5.72. The maximum absolute atomic E-state index is 13.7. The number of fused-ring (bicyclic) bond motifs is 1. The molecule has 3 aromatic rings. The number of benzene rings is 3. The maximum Gasteiger partial charge on any atom is 0.327 e. The van der Waals surface area contributed by atoms with Crippen LogP contribution in [-0.4, -0.2) is 72.1 Å². The van der Waals surface area contributed by atoms with E-state index in [1.54, 1.807) is 12.0 Å². The number of imide groups is 1. The molecule has 0 N–H and O–H groups in total. The zero-order valence-electron chi connectivity index (χ0n) is 23.1. The Labute approximate surface area is 227 Å². The van der Waals surface area contributed by atoms with E-state index >= 15 is 0 Å². The number of aryl methyl sites for hydroxylation is 1. The van der Waals surface area contributed by atoms with Crippen LogP contribution in [0.4, 0.5) is 4.79 Å². The highest BCUT2D eigenvalue weighted by Crippen LogP contribution is 2.37.